The number of nitrogens with one attached hydrogen (secondary N) is 1. The van der Waals surface area contributed by atoms with Gasteiger partial charge in [-0.3, -0.25) is 19.3 Å². The number of hydrogen-bond acceptors (Lipinski definition) is 9. The number of aromatic nitrogens is 2. The minimum Gasteiger partial charge on any atom is -0.486 e. The lowest BCUT2D eigenvalue weighted by atomic mass is 10.1. The number of benzene rings is 2. The highest BCUT2D eigenvalue weighted by Gasteiger charge is 2.36. The van der Waals surface area contributed by atoms with Gasteiger partial charge in [0.2, 0.25) is 11.9 Å². The fraction of sp³-hybridized carbons (Fsp3) is 0.440. The molecular weight excluding hydrogens is 446 g/mol. The largest absolute Gasteiger partial charge is 0.486 e. The Bertz CT molecular complexity index is 1270. The van der Waals surface area contributed by atoms with Crippen LogP contribution in [0.15, 0.2) is 47.5 Å². The van der Waals surface area contributed by atoms with Gasteiger partial charge in [-0.1, -0.05) is 18.2 Å². The molecule has 3 aromatic rings. The molecule has 1 saturated heterocycles. The zero-order valence-corrected chi connectivity index (χ0v) is 19.6. The second-order valence-corrected chi connectivity index (χ2v) is 9.26. The number of para-hydroxylation sites is 2. The SMILES string of the molecule is c1ccc2c(c1)nc1n2C(c2ccc3c(c2)OCCO3)NC2=NCN(CCN3CCOCC3)CN21. The summed E-state index contributed by atoms with van der Waals surface area (Å²) in [5, 5.41) is 3.69. The molecule has 1 unspecified atom stereocenters. The molecule has 0 saturated carbocycles. The molecule has 35 heavy (non-hydrogen) atoms. The van der Waals surface area contributed by atoms with E-state index in [2.05, 4.69) is 54.9 Å². The van der Waals surface area contributed by atoms with Crippen LogP contribution in [0.25, 0.3) is 11.0 Å². The quantitative estimate of drug-likeness (QED) is 0.611. The maximum absolute atomic E-state index is 5.87. The van der Waals surface area contributed by atoms with Gasteiger partial charge in [-0.05, 0) is 29.8 Å². The van der Waals surface area contributed by atoms with Gasteiger partial charge in [-0.2, -0.15) is 0 Å². The lowest BCUT2D eigenvalue weighted by Crippen LogP contribution is -2.58. The number of morpholine rings is 1. The van der Waals surface area contributed by atoms with Crippen LogP contribution in [0, 0.1) is 0 Å². The number of aliphatic imine (C=N–C) groups is 1. The normalized spacial score (nSPS) is 22.3. The van der Waals surface area contributed by atoms with Crippen LogP contribution < -0.4 is 19.7 Å². The van der Waals surface area contributed by atoms with Crippen LogP contribution in [0.5, 0.6) is 11.5 Å². The first-order valence-electron chi connectivity index (χ1n) is 12.3. The summed E-state index contributed by atoms with van der Waals surface area (Å²) >= 11 is 0. The summed E-state index contributed by atoms with van der Waals surface area (Å²) in [4.78, 5) is 17.0. The Morgan fingerprint density at radius 2 is 1.74 bits per heavy atom. The van der Waals surface area contributed by atoms with Crippen molar-refractivity contribution in [3.05, 3.63) is 48.0 Å². The van der Waals surface area contributed by atoms with Crippen LogP contribution in [-0.4, -0.2) is 91.3 Å². The highest BCUT2D eigenvalue weighted by molar-refractivity contribution is 5.98. The summed E-state index contributed by atoms with van der Waals surface area (Å²) < 4.78 is 19.4. The monoisotopic (exact) mass is 475 g/mol. The van der Waals surface area contributed by atoms with E-state index in [1.54, 1.807) is 0 Å². The molecule has 2 aromatic carbocycles. The van der Waals surface area contributed by atoms with Crippen LogP contribution in [0.1, 0.15) is 11.7 Å². The molecule has 0 amide bonds. The lowest BCUT2D eigenvalue weighted by molar-refractivity contribution is 0.0334. The molecule has 1 fully saturated rings. The number of guanidine groups is 1. The molecule has 4 aliphatic heterocycles. The van der Waals surface area contributed by atoms with Gasteiger partial charge < -0.3 is 19.5 Å². The summed E-state index contributed by atoms with van der Waals surface area (Å²) in [7, 11) is 0. The second kappa shape index (κ2) is 8.71. The smallest absolute Gasteiger partial charge is 0.216 e. The van der Waals surface area contributed by atoms with Crippen molar-refractivity contribution in [1.82, 2.24) is 24.7 Å². The lowest BCUT2D eigenvalue weighted by Gasteiger charge is -2.42. The van der Waals surface area contributed by atoms with E-state index < -0.39 is 0 Å². The number of nitrogens with zero attached hydrogens (tertiary/aromatic N) is 6. The molecule has 1 atom stereocenters. The number of rotatable bonds is 4. The Balaban J connectivity index is 1.22. The van der Waals surface area contributed by atoms with Crippen molar-refractivity contribution in [2.75, 3.05) is 70.8 Å². The predicted molar refractivity (Wildman–Crippen MR) is 132 cm³/mol. The van der Waals surface area contributed by atoms with Crippen molar-refractivity contribution in [1.29, 1.82) is 0 Å². The zero-order chi connectivity index (χ0) is 23.2. The third-order valence-corrected chi connectivity index (χ3v) is 7.08. The van der Waals surface area contributed by atoms with Crippen molar-refractivity contribution < 1.29 is 14.2 Å². The molecule has 10 nitrogen and oxygen atoms in total. The van der Waals surface area contributed by atoms with E-state index in [1.165, 1.54) is 0 Å². The summed E-state index contributed by atoms with van der Waals surface area (Å²) in [6, 6.07) is 14.4. The number of ether oxygens (including phenoxy) is 3. The molecule has 4 aliphatic rings. The van der Waals surface area contributed by atoms with Gasteiger partial charge >= 0.3 is 0 Å². The Kier molecular flexibility index (Phi) is 5.22. The van der Waals surface area contributed by atoms with Gasteiger partial charge in [-0.25, -0.2) is 9.98 Å². The van der Waals surface area contributed by atoms with E-state index >= 15 is 0 Å². The third-order valence-electron chi connectivity index (χ3n) is 7.08. The van der Waals surface area contributed by atoms with Crippen molar-refractivity contribution in [2.45, 2.75) is 6.17 Å². The second-order valence-electron chi connectivity index (χ2n) is 9.26. The average molecular weight is 476 g/mol. The third kappa shape index (κ3) is 3.78. The fourth-order valence-corrected chi connectivity index (χ4v) is 5.22. The highest BCUT2D eigenvalue weighted by atomic mass is 16.6. The molecular formula is C25H29N7O3. The Hall–Kier alpha value is -3.34. The van der Waals surface area contributed by atoms with Gasteiger partial charge in [-0.15, -0.1) is 0 Å². The zero-order valence-electron chi connectivity index (χ0n) is 19.6. The van der Waals surface area contributed by atoms with Crippen molar-refractivity contribution in [3.8, 4) is 11.5 Å². The van der Waals surface area contributed by atoms with Crippen LogP contribution in [-0.2, 0) is 4.74 Å². The molecule has 1 aromatic heterocycles. The molecule has 1 N–H and O–H groups in total. The van der Waals surface area contributed by atoms with Crippen LogP contribution in [0.3, 0.4) is 0 Å². The number of imidazole rings is 1. The van der Waals surface area contributed by atoms with Crippen molar-refractivity contribution in [3.63, 3.8) is 0 Å². The topological polar surface area (TPSA) is 79.6 Å². The van der Waals surface area contributed by atoms with Crippen LogP contribution in [0.2, 0.25) is 0 Å². The fourth-order valence-electron chi connectivity index (χ4n) is 5.22. The van der Waals surface area contributed by atoms with Gasteiger partial charge in [0, 0.05) is 26.2 Å². The van der Waals surface area contributed by atoms with E-state index in [9.17, 15) is 0 Å². The number of hydrogen-bond donors (Lipinski definition) is 1. The summed E-state index contributed by atoms with van der Waals surface area (Å²) in [6.45, 7) is 8.18. The average Bonchev–Trinajstić information content (AvgIpc) is 3.32. The van der Waals surface area contributed by atoms with Gasteiger partial charge in [0.05, 0.1) is 37.6 Å². The van der Waals surface area contributed by atoms with Gasteiger partial charge in [0.1, 0.15) is 19.4 Å². The summed E-state index contributed by atoms with van der Waals surface area (Å²) in [5.41, 5.74) is 3.13. The van der Waals surface area contributed by atoms with Crippen LogP contribution >= 0.6 is 0 Å². The first-order chi connectivity index (χ1) is 17.3. The highest BCUT2D eigenvalue weighted by Crippen LogP contribution is 2.37. The number of fused-ring (bicyclic) bond motifs is 6. The van der Waals surface area contributed by atoms with E-state index in [0.717, 1.165) is 86.1 Å². The molecule has 0 spiro atoms. The van der Waals surface area contributed by atoms with E-state index in [1.807, 2.05) is 12.1 Å². The van der Waals surface area contributed by atoms with Gasteiger partial charge in [0.15, 0.2) is 11.5 Å². The van der Waals surface area contributed by atoms with E-state index in [4.69, 9.17) is 24.2 Å². The van der Waals surface area contributed by atoms with E-state index in [-0.39, 0.29) is 6.17 Å². The Morgan fingerprint density at radius 1 is 0.914 bits per heavy atom. The maximum atomic E-state index is 5.87. The number of anilines is 1. The molecule has 0 radical (unpaired) electrons. The predicted octanol–water partition coefficient (Wildman–Crippen LogP) is 1.68. The van der Waals surface area contributed by atoms with E-state index in [0.29, 0.717) is 19.9 Å². The Morgan fingerprint density at radius 3 is 2.66 bits per heavy atom. The standard InChI is InChI=1S/C25H29N7O3/c1-2-4-20-19(3-1)27-25-31-17-30(8-7-29-9-11-33-12-10-29)16-26-24(31)28-23(32(20)25)18-5-6-21-22(15-18)35-14-13-34-21/h1-6,15,23H,7-14,16-17H2,(H,26,28). The van der Waals surface area contributed by atoms with Crippen LogP contribution in [0.4, 0.5) is 5.95 Å². The van der Waals surface area contributed by atoms with Gasteiger partial charge in [0.25, 0.3) is 0 Å². The summed E-state index contributed by atoms with van der Waals surface area (Å²) in [5.74, 6) is 3.33. The molecule has 7 rings (SSSR count). The minimum absolute atomic E-state index is 0.150. The first-order valence-corrected chi connectivity index (χ1v) is 12.3. The molecule has 0 bridgehead atoms. The molecule has 5 heterocycles. The maximum Gasteiger partial charge on any atom is 0.216 e. The van der Waals surface area contributed by atoms with Crippen molar-refractivity contribution in [2.24, 2.45) is 4.99 Å². The molecule has 182 valence electrons. The molecule has 10 heteroatoms. The van der Waals surface area contributed by atoms with Crippen molar-refractivity contribution >= 4 is 22.9 Å². The molecule has 0 aliphatic carbocycles. The Labute approximate surface area is 203 Å². The summed E-state index contributed by atoms with van der Waals surface area (Å²) in [6.07, 6.45) is -0.150. The first kappa shape index (κ1) is 21.0. The minimum atomic E-state index is -0.150.